The first-order valence-corrected chi connectivity index (χ1v) is 6.87. The molecule has 3 N–H and O–H groups in total. The average Bonchev–Trinajstić information content (AvgIpc) is 2.33. The van der Waals surface area contributed by atoms with E-state index in [0.29, 0.717) is 37.6 Å². The van der Waals surface area contributed by atoms with Crippen molar-refractivity contribution in [3.8, 4) is 0 Å². The van der Waals surface area contributed by atoms with E-state index in [4.69, 9.17) is 5.73 Å². The normalized spacial score (nSPS) is 11.9. The summed E-state index contributed by atoms with van der Waals surface area (Å²) in [7, 11) is 1.36. The maximum atomic E-state index is 11.3. The van der Waals surface area contributed by atoms with E-state index >= 15 is 0 Å². The topological polar surface area (TPSA) is 81.4 Å². The van der Waals surface area contributed by atoms with E-state index in [1.807, 2.05) is 0 Å². The third-order valence-electron chi connectivity index (χ3n) is 2.15. The number of carbonyl (C=O) groups excluding carboxylic acids is 2. The molecule has 0 fully saturated rings. The van der Waals surface area contributed by atoms with Crippen LogP contribution in [0.3, 0.4) is 0 Å². The van der Waals surface area contributed by atoms with Gasteiger partial charge in [0.15, 0.2) is 0 Å². The standard InChI is InChI=1S/C11H22N2O3S/c1-9(6-12)7-17-8-10(14)13-5-3-4-11(15)16-2/h9H,3-8,12H2,1-2H3,(H,13,14). The Bertz CT molecular complexity index is 237. The Balaban J connectivity index is 3.38. The summed E-state index contributed by atoms with van der Waals surface area (Å²) in [6.45, 7) is 3.22. The lowest BCUT2D eigenvalue weighted by molar-refractivity contribution is -0.140. The Morgan fingerprint density at radius 1 is 1.47 bits per heavy atom. The van der Waals surface area contributed by atoms with Crippen LogP contribution in [0, 0.1) is 5.92 Å². The molecule has 0 aliphatic heterocycles. The Kier molecular flexibility index (Phi) is 9.95. The van der Waals surface area contributed by atoms with Gasteiger partial charge in [-0.05, 0) is 24.6 Å². The number of amides is 1. The summed E-state index contributed by atoms with van der Waals surface area (Å²) in [6, 6.07) is 0. The molecule has 0 aromatic heterocycles. The third kappa shape index (κ3) is 10.1. The van der Waals surface area contributed by atoms with Crippen molar-refractivity contribution >= 4 is 23.6 Å². The average molecular weight is 262 g/mol. The lowest BCUT2D eigenvalue weighted by Crippen LogP contribution is -2.27. The second-order valence-electron chi connectivity index (χ2n) is 3.89. The number of hydrogen-bond acceptors (Lipinski definition) is 5. The van der Waals surface area contributed by atoms with E-state index < -0.39 is 0 Å². The van der Waals surface area contributed by atoms with Crippen molar-refractivity contribution in [1.82, 2.24) is 5.32 Å². The molecule has 0 heterocycles. The summed E-state index contributed by atoms with van der Waals surface area (Å²) in [5.41, 5.74) is 5.47. The van der Waals surface area contributed by atoms with Gasteiger partial charge in [0.2, 0.25) is 5.91 Å². The van der Waals surface area contributed by atoms with Gasteiger partial charge in [0.05, 0.1) is 12.9 Å². The summed E-state index contributed by atoms with van der Waals surface area (Å²) >= 11 is 1.58. The van der Waals surface area contributed by atoms with Gasteiger partial charge < -0.3 is 15.8 Å². The van der Waals surface area contributed by atoms with Crippen molar-refractivity contribution in [2.75, 3.05) is 31.7 Å². The van der Waals surface area contributed by atoms with E-state index in [1.165, 1.54) is 7.11 Å². The second-order valence-corrected chi connectivity index (χ2v) is 4.92. The molecule has 100 valence electrons. The van der Waals surface area contributed by atoms with Gasteiger partial charge in [0.25, 0.3) is 0 Å². The summed E-state index contributed by atoms with van der Waals surface area (Å²) in [4.78, 5) is 22.1. The summed E-state index contributed by atoms with van der Waals surface area (Å²) in [5, 5.41) is 2.76. The highest BCUT2D eigenvalue weighted by Gasteiger charge is 2.04. The van der Waals surface area contributed by atoms with Crippen LogP contribution >= 0.6 is 11.8 Å². The molecule has 1 amide bonds. The van der Waals surface area contributed by atoms with Crippen LogP contribution in [0.1, 0.15) is 19.8 Å². The molecule has 1 unspecified atom stereocenters. The third-order valence-corrected chi connectivity index (χ3v) is 3.42. The fourth-order valence-electron chi connectivity index (χ4n) is 1.03. The highest BCUT2D eigenvalue weighted by atomic mass is 32.2. The van der Waals surface area contributed by atoms with Gasteiger partial charge in [0, 0.05) is 13.0 Å². The number of methoxy groups -OCH3 is 1. The Morgan fingerprint density at radius 3 is 2.76 bits per heavy atom. The van der Waals surface area contributed by atoms with Crippen molar-refractivity contribution in [3.63, 3.8) is 0 Å². The van der Waals surface area contributed by atoms with Crippen LogP contribution in [-0.2, 0) is 14.3 Å². The second kappa shape index (κ2) is 10.4. The number of nitrogens with two attached hydrogens (primary N) is 1. The first-order chi connectivity index (χ1) is 8.10. The van der Waals surface area contributed by atoms with E-state index in [1.54, 1.807) is 11.8 Å². The van der Waals surface area contributed by atoms with E-state index in [0.717, 1.165) is 5.75 Å². The first-order valence-electron chi connectivity index (χ1n) is 5.71. The largest absolute Gasteiger partial charge is 0.469 e. The van der Waals surface area contributed by atoms with Gasteiger partial charge in [-0.3, -0.25) is 9.59 Å². The summed E-state index contributed by atoms with van der Waals surface area (Å²) in [5.74, 6) is 1.54. The van der Waals surface area contributed by atoms with Gasteiger partial charge in [-0.25, -0.2) is 0 Å². The van der Waals surface area contributed by atoms with Crippen LogP contribution in [-0.4, -0.2) is 43.6 Å². The van der Waals surface area contributed by atoms with Crippen LogP contribution in [0.15, 0.2) is 0 Å². The zero-order valence-corrected chi connectivity index (χ0v) is 11.3. The first kappa shape index (κ1) is 16.2. The number of nitrogens with one attached hydrogen (secondary N) is 1. The lowest BCUT2D eigenvalue weighted by atomic mass is 10.2. The molecule has 0 saturated heterocycles. The maximum Gasteiger partial charge on any atom is 0.305 e. The number of hydrogen-bond donors (Lipinski definition) is 2. The molecule has 0 aromatic rings. The zero-order chi connectivity index (χ0) is 13.1. The molecule has 5 nitrogen and oxygen atoms in total. The minimum atomic E-state index is -0.245. The molecule has 17 heavy (non-hydrogen) atoms. The van der Waals surface area contributed by atoms with Crippen LogP contribution in [0.2, 0.25) is 0 Å². The van der Waals surface area contributed by atoms with Crippen LogP contribution < -0.4 is 11.1 Å². The minimum absolute atomic E-state index is 0.00378. The zero-order valence-electron chi connectivity index (χ0n) is 10.5. The molecule has 0 aliphatic carbocycles. The Labute approximate surface area is 107 Å². The fraction of sp³-hybridized carbons (Fsp3) is 0.818. The van der Waals surface area contributed by atoms with Crippen LogP contribution in [0.4, 0.5) is 0 Å². The van der Waals surface area contributed by atoms with Gasteiger partial charge in [0.1, 0.15) is 0 Å². The quantitative estimate of drug-likeness (QED) is 0.464. The molecule has 0 radical (unpaired) electrons. The van der Waals surface area contributed by atoms with Crippen LogP contribution in [0.5, 0.6) is 0 Å². The number of ether oxygens (including phenoxy) is 1. The molecule has 0 aromatic carbocycles. The smallest absolute Gasteiger partial charge is 0.305 e. The monoisotopic (exact) mass is 262 g/mol. The molecule has 0 saturated carbocycles. The molecule has 0 spiro atoms. The Morgan fingerprint density at radius 2 is 2.18 bits per heavy atom. The fourth-order valence-corrected chi connectivity index (χ4v) is 1.98. The predicted molar refractivity (Wildman–Crippen MR) is 69.8 cm³/mol. The van der Waals surface area contributed by atoms with E-state index in [9.17, 15) is 9.59 Å². The highest BCUT2D eigenvalue weighted by Crippen LogP contribution is 2.06. The molecule has 0 aliphatic rings. The van der Waals surface area contributed by atoms with Crippen molar-refractivity contribution in [3.05, 3.63) is 0 Å². The highest BCUT2D eigenvalue weighted by molar-refractivity contribution is 7.99. The number of esters is 1. The Hall–Kier alpha value is -0.750. The number of thioether (sulfide) groups is 1. The van der Waals surface area contributed by atoms with Gasteiger partial charge >= 0.3 is 5.97 Å². The lowest BCUT2D eigenvalue weighted by Gasteiger charge is -2.08. The minimum Gasteiger partial charge on any atom is -0.469 e. The van der Waals surface area contributed by atoms with Gasteiger partial charge in [-0.15, -0.1) is 0 Å². The van der Waals surface area contributed by atoms with Crippen molar-refractivity contribution in [1.29, 1.82) is 0 Å². The predicted octanol–water partition coefficient (Wildman–Crippen LogP) is 0.384. The van der Waals surface area contributed by atoms with Crippen LogP contribution in [0.25, 0.3) is 0 Å². The van der Waals surface area contributed by atoms with Crippen molar-refractivity contribution in [2.24, 2.45) is 11.7 Å². The summed E-state index contributed by atoms with van der Waals surface area (Å²) < 4.78 is 4.49. The molecular weight excluding hydrogens is 240 g/mol. The van der Waals surface area contributed by atoms with Gasteiger partial charge in [-0.2, -0.15) is 11.8 Å². The SMILES string of the molecule is COC(=O)CCCNC(=O)CSCC(C)CN. The van der Waals surface area contributed by atoms with E-state index in [-0.39, 0.29) is 11.9 Å². The molecular formula is C11H22N2O3S. The molecule has 0 bridgehead atoms. The van der Waals surface area contributed by atoms with Gasteiger partial charge in [-0.1, -0.05) is 6.92 Å². The van der Waals surface area contributed by atoms with E-state index in [2.05, 4.69) is 17.0 Å². The number of carbonyl (C=O) groups is 2. The van der Waals surface area contributed by atoms with Crippen molar-refractivity contribution in [2.45, 2.75) is 19.8 Å². The molecule has 6 heteroatoms. The van der Waals surface area contributed by atoms with Crippen molar-refractivity contribution < 1.29 is 14.3 Å². The molecule has 1 atom stereocenters. The summed E-state index contributed by atoms with van der Waals surface area (Å²) in [6.07, 6.45) is 0.955. The maximum absolute atomic E-state index is 11.3. The molecule has 0 rings (SSSR count). The number of rotatable bonds is 9.